The number of rotatable bonds is 5. The summed E-state index contributed by atoms with van der Waals surface area (Å²) in [5.41, 5.74) is 0.602. The number of nitrogens with one attached hydrogen (secondary N) is 1. The average molecular weight is 348 g/mol. The summed E-state index contributed by atoms with van der Waals surface area (Å²) in [5, 5.41) is 12.1. The minimum absolute atomic E-state index is 0.0191. The molecule has 1 saturated heterocycles. The largest absolute Gasteiger partial charge is 0.481 e. The molecule has 2 N–H and O–H groups in total. The second kappa shape index (κ2) is 8.34. The van der Waals surface area contributed by atoms with Crippen LogP contribution in [-0.2, 0) is 16.1 Å². The van der Waals surface area contributed by atoms with Gasteiger partial charge in [-0.05, 0) is 39.2 Å². The molecule has 0 radical (unpaired) electrons. The Morgan fingerprint density at radius 3 is 2.52 bits per heavy atom. The molecule has 0 unspecified atom stereocenters. The number of carboxylic acid groups (broad SMARTS) is 1. The summed E-state index contributed by atoms with van der Waals surface area (Å²) >= 11 is 0. The monoisotopic (exact) mass is 348 g/mol. The van der Waals surface area contributed by atoms with Gasteiger partial charge in [0.05, 0.1) is 6.42 Å². The Kier molecular flexibility index (Phi) is 6.42. The van der Waals surface area contributed by atoms with Crippen molar-refractivity contribution >= 4 is 12.1 Å². The quantitative estimate of drug-likeness (QED) is 0.855. The number of alkyl carbamates (subject to hydrolysis) is 1. The minimum atomic E-state index is -0.790. The minimum Gasteiger partial charge on any atom is -0.481 e. The van der Waals surface area contributed by atoms with Crippen molar-refractivity contribution in [2.45, 2.75) is 64.3 Å². The Balaban J connectivity index is 2.00. The van der Waals surface area contributed by atoms with Gasteiger partial charge in [-0.25, -0.2) is 4.79 Å². The third-order valence-corrected chi connectivity index (χ3v) is 4.18. The van der Waals surface area contributed by atoms with Gasteiger partial charge < -0.3 is 15.2 Å². The number of carbonyl (C=O) groups is 2. The fraction of sp³-hybridized carbons (Fsp3) is 0.579. The van der Waals surface area contributed by atoms with Gasteiger partial charge in [-0.2, -0.15) is 0 Å². The van der Waals surface area contributed by atoms with E-state index < -0.39 is 17.7 Å². The van der Waals surface area contributed by atoms with Crippen LogP contribution in [-0.4, -0.2) is 46.3 Å². The predicted molar refractivity (Wildman–Crippen MR) is 95.3 cm³/mol. The molecule has 0 spiro atoms. The van der Waals surface area contributed by atoms with Gasteiger partial charge >= 0.3 is 12.1 Å². The van der Waals surface area contributed by atoms with Crippen LogP contribution in [0, 0.1) is 0 Å². The maximum Gasteiger partial charge on any atom is 0.407 e. The molecule has 2 rings (SSSR count). The summed E-state index contributed by atoms with van der Waals surface area (Å²) in [6, 6.07) is 9.91. The highest BCUT2D eigenvalue weighted by Gasteiger charge is 2.31. The summed E-state index contributed by atoms with van der Waals surface area (Å²) in [4.78, 5) is 25.3. The Morgan fingerprint density at radius 1 is 1.24 bits per heavy atom. The lowest BCUT2D eigenvalue weighted by Crippen LogP contribution is -2.52. The smallest absolute Gasteiger partial charge is 0.407 e. The molecule has 25 heavy (non-hydrogen) atoms. The fourth-order valence-corrected chi connectivity index (χ4v) is 3.14. The van der Waals surface area contributed by atoms with Crippen LogP contribution in [0.5, 0.6) is 0 Å². The standard InChI is InChI=1S/C19H28N2O4/c1-19(2,3)25-18(24)20-15-9-10-16(11-17(22)23)21(13-15)12-14-7-5-4-6-8-14/h4-8,15-16H,9-13H2,1-3H3,(H,20,24)(H,22,23)/t15-,16-/m0/s1. The maximum atomic E-state index is 12.0. The summed E-state index contributed by atoms with van der Waals surface area (Å²) in [6.07, 6.45) is 1.18. The summed E-state index contributed by atoms with van der Waals surface area (Å²) in [5.74, 6) is -0.790. The summed E-state index contributed by atoms with van der Waals surface area (Å²) in [7, 11) is 0. The number of carboxylic acids is 1. The van der Waals surface area contributed by atoms with E-state index in [1.54, 1.807) is 0 Å². The molecule has 1 aliphatic rings. The molecule has 1 heterocycles. The van der Waals surface area contributed by atoms with Gasteiger partial charge in [0.15, 0.2) is 0 Å². The van der Waals surface area contributed by atoms with Crippen LogP contribution in [0.2, 0.25) is 0 Å². The molecular formula is C19H28N2O4. The molecule has 1 aromatic rings. The average Bonchev–Trinajstić information content (AvgIpc) is 2.48. The van der Waals surface area contributed by atoms with Crippen molar-refractivity contribution in [3.63, 3.8) is 0 Å². The van der Waals surface area contributed by atoms with Crippen LogP contribution in [0.3, 0.4) is 0 Å². The van der Waals surface area contributed by atoms with Gasteiger partial charge in [-0.15, -0.1) is 0 Å². The maximum absolute atomic E-state index is 12.0. The Labute approximate surface area is 149 Å². The van der Waals surface area contributed by atoms with E-state index in [2.05, 4.69) is 10.2 Å². The molecule has 2 atom stereocenters. The SMILES string of the molecule is CC(C)(C)OC(=O)N[C@H]1CC[C@@H](CC(=O)O)N(Cc2ccccc2)C1. The third kappa shape index (κ3) is 6.74. The Bertz CT molecular complexity index is 583. The van der Waals surface area contributed by atoms with Crippen molar-refractivity contribution in [2.75, 3.05) is 6.54 Å². The lowest BCUT2D eigenvalue weighted by Gasteiger charge is -2.39. The number of piperidine rings is 1. The lowest BCUT2D eigenvalue weighted by atomic mass is 9.95. The van der Waals surface area contributed by atoms with Gasteiger partial charge in [0.1, 0.15) is 5.60 Å². The first-order valence-corrected chi connectivity index (χ1v) is 8.72. The van der Waals surface area contributed by atoms with E-state index >= 15 is 0 Å². The lowest BCUT2D eigenvalue weighted by molar-refractivity contribution is -0.139. The topological polar surface area (TPSA) is 78.9 Å². The first kappa shape index (κ1) is 19.2. The second-order valence-corrected chi connectivity index (χ2v) is 7.59. The van der Waals surface area contributed by atoms with E-state index in [4.69, 9.17) is 4.74 Å². The molecule has 0 saturated carbocycles. The van der Waals surface area contributed by atoms with E-state index in [1.807, 2.05) is 51.1 Å². The number of ether oxygens (including phenoxy) is 1. The van der Waals surface area contributed by atoms with Crippen molar-refractivity contribution in [3.8, 4) is 0 Å². The molecule has 1 aromatic carbocycles. The number of amides is 1. The zero-order chi connectivity index (χ0) is 18.4. The van der Waals surface area contributed by atoms with Gasteiger partial charge in [0, 0.05) is 25.2 Å². The molecule has 6 heteroatoms. The number of hydrogen-bond acceptors (Lipinski definition) is 4. The van der Waals surface area contributed by atoms with Gasteiger partial charge in [0.2, 0.25) is 0 Å². The van der Waals surface area contributed by atoms with Gasteiger partial charge in [-0.3, -0.25) is 9.69 Å². The van der Waals surface area contributed by atoms with Crippen molar-refractivity contribution < 1.29 is 19.4 Å². The van der Waals surface area contributed by atoms with Crippen LogP contribution in [0.15, 0.2) is 30.3 Å². The molecule has 1 aliphatic heterocycles. The van der Waals surface area contributed by atoms with E-state index in [0.717, 1.165) is 18.4 Å². The predicted octanol–water partition coefficient (Wildman–Crippen LogP) is 3.02. The van der Waals surface area contributed by atoms with Crippen molar-refractivity contribution in [2.24, 2.45) is 0 Å². The zero-order valence-electron chi connectivity index (χ0n) is 15.2. The molecule has 138 valence electrons. The molecule has 0 bridgehead atoms. The molecule has 1 amide bonds. The van der Waals surface area contributed by atoms with Crippen LogP contribution < -0.4 is 5.32 Å². The molecular weight excluding hydrogens is 320 g/mol. The Morgan fingerprint density at radius 2 is 1.92 bits per heavy atom. The second-order valence-electron chi connectivity index (χ2n) is 7.59. The van der Waals surface area contributed by atoms with Crippen LogP contribution >= 0.6 is 0 Å². The van der Waals surface area contributed by atoms with Crippen LogP contribution in [0.25, 0.3) is 0 Å². The number of hydrogen-bond donors (Lipinski definition) is 2. The van der Waals surface area contributed by atoms with E-state index in [0.29, 0.717) is 13.1 Å². The number of carbonyl (C=O) groups excluding carboxylic acids is 1. The fourth-order valence-electron chi connectivity index (χ4n) is 3.14. The van der Waals surface area contributed by atoms with E-state index in [1.165, 1.54) is 0 Å². The first-order chi connectivity index (χ1) is 11.7. The van der Waals surface area contributed by atoms with Crippen LogP contribution in [0.1, 0.15) is 45.6 Å². The van der Waals surface area contributed by atoms with E-state index in [-0.39, 0.29) is 18.5 Å². The van der Waals surface area contributed by atoms with Crippen LogP contribution in [0.4, 0.5) is 4.79 Å². The normalized spacial score (nSPS) is 21.6. The van der Waals surface area contributed by atoms with Crippen molar-refractivity contribution in [1.82, 2.24) is 10.2 Å². The molecule has 0 aliphatic carbocycles. The van der Waals surface area contributed by atoms with Crippen molar-refractivity contribution in [1.29, 1.82) is 0 Å². The highest BCUT2D eigenvalue weighted by Crippen LogP contribution is 2.23. The van der Waals surface area contributed by atoms with Crippen molar-refractivity contribution in [3.05, 3.63) is 35.9 Å². The van der Waals surface area contributed by atoms with Gasteiger partial charge in [0.25, 0.3) is 0 Å². The molecule has 0 aromatic heterocycles. The number of likely N-dealkylation sites (tertiary alicyclic amines) is 1. The highest BCUT2D eigenvalue weighted by molar-refractivity contribution is 5.68. The molecule has 1 fully saturated rings. The van der Waals surface area contributed by atoms with Gasteiger partial charge in [-0.1, -0.05) is 30.3 Å². The van der Waals surface area contributed by atoms with E-state index in [9.17, 15) is 14.7 Å². The highest BCUT2D eigenvalue weighted by atomic mass is 16.6. The zero-order valence-corrected chi connectivity index (χ0v) is 15.2. The summed E-state index contributed by atoms with van der Waals surface area (Å²) in [6.45, 7) is 6.78. The first-order valence-electron chi connectivity index (χ1n) is 8.72. The number of aliphatic carboxylic acids is 1. The number of benzene rings is 1. The third-order valence-electron chi connectivity index (χ3n) is 4.18. The summed E-state index contributed by atoms with van der Waals surface area (Å²) < 4.78 is 5.32. The number of nitrogens with zero attached hydrogens (tertiary/aromatic N) is 1. The Hall–Kier alpha value is -2.08. The molecule has 6 nitrogen and oxygen atoms in total.